The molecule has 0 spiro atoms. The normalized spacial score (nSPS) is 23.2. The second-order valence-corrected chi connectivity index (χ2v) is 10.4. The van der Waals surface area contributed by atoms with Crippen LogP contribution in [0.3, 0.4) is 0 Å². The zero-order valence-corrected chi connectivity index (χ0v) is 18.2. The monoisotopic (exact) mass is 438 g/mol. The molecule has 3 heterocycles. The highest BCUT2D eigenvalue weighted by Crippen LogP contribution is 2.22. The van der Waals surface area contributed by atoms with Gasteiger partial charge in [-0.2, -0.15) is 4.31 Å². The van der Waals surface area contributed by atoms with Crippen LogP contribution in [-0.4, -0.2) is 98.3 Å². The van der Waals surface area contributed by atoms with Gasteiger partial charge in [-0.3, -0.25) is 9.69 Å². The summed E-state index contributed by atoms with van der Waals surface area (Å²) in [6.45, 7) is 6.07. The fraction of sp³-hybridized carbons (Fsp3) is 0.667. The number of nitrogens with zero attached hydrogens (tertiary/aromatic N) is 4. The fourth-order valence-corrected chi connectivity index (χ4v) is 6.20. The van der Waals surface area contributed by atoms with Gasteiger partial charge in [-0.1, -0.05) is 0 Å². The lowest BCUT2D eigenvalue weighted by molar-refractivity contribution is -0.134. The van der Waals surface area contributed by atoms with Crippen LogP contribution in [0.4, 0.5) is 4.39 Å². The fourth-order valence-electron chi connectivity index (χ4n) is 4.77. The van der Waals surface area contributed by atoms with Crippen molar-refractivity contribution in [1.29, 1.82) is 0 Å². The zero-order valence-electron chi connectivity index (χ0n) is 17.4. The van der Waals surface area contributed by atoms with E-state index in [0.717, 1.165) is 38.1 Å². The lowest BCUT2D eigenvalue weighted by Crippen LogP contribution is -2.53. The minimum absolute atomic E-state index is 0.0773. The van der Waals surface area contributed by atoms with Crippen LogP contribution in [0.2, 0.25) is 0 Å². The van der Waals surface area contributed by atoms with Gasteiger partial charge in [0.25, 0.3) is 0 Å². The molecule has 3 saturated heterocycles. The van der Waals surface area contributed by atoms with E-state index in [4.69, 9.17) is 0 Å². The number of amides is 1. The molecule has 0 N–H and O–H groups in total. The number of piperidine rings is 1. The molecule has 30 heavy (non-hydrogen) atoms. The SMILES string of the molecule is O=C(CN1CCC(N2CCCC2)CC1)N1CCN(S(=O)(=O)c2ccc(F)cc2)CC1. The minimum atomic E-state index is -3.66. The van der Waals surface area contributed by atoms with E-state index in [0.29, 0.717) is 25.7 Å². The van der Waals surface area contributed by atoms with Gasteiger partial charge in [-0.15, -0.1) is 0 Å². The Kier molecular flexibility index (Phi) is 6.72. The summed E-state index contributed by atoms with van der Waals surface area (Å²) < 4.78 is 39.9. The Morgan fingerprint density at radius 3 is 2.10 bits per heavy atom. The van der Waals surface area contributed by atoms with Crippen LogP contribution in [0.25, 0.3) is 0 Å². The Hall–Kier alpha value is -1.55. The minimum Gasteiger partial charge on any atom is -0.339 e. The standard InChI is InChI=1S/C21H31FN4O3S/c22-18-3-5-20(6-4-18)30(28,29)26-15-13-25(14-16-26)21(27)17-23-11-7-19(8-12-23)24-9-1-2-10-24/h3-6,19H,1-2,7-17H2. The Morgan fingerprint density at radius 1 is 0.900 bits per heavy atom. The molecule has 0 bridgehead atoms. The maximum atomic E-state index is 13.1. The second-order valence-electron chi connectivity index (χ2n) is 8.49. The van der Waals surface area contributed by atoms with E-state index in [9.17, 15) is 17.6 Å². The first-order chi connectivity index (χ1) is 14.4. The molecule has 3 fully saturated rings. The van der Waals surface area contributed by atoms with Gasteiger partial charge in [-0.05, 0) is 63.0 Å². The molecule has 0 aromatic heterocycles. The summed E-state index contributed by atoms with van der Waals surface area (Å²) in [6.07, 6.45) is 4.86. The number of piperazine rings is 1. The van der Waals surface area contributed by atoms with Crippen LogP contribution in [-0.2, 0) is 14.8 Å². The first kappa shape index (κ1) is 21.7. The third-order valence-corrected chi connectivity index (χ3v) is 8.53. The number of rotatable bonds is 5. The molecule has 0 unspecified atom stereocenters. The van der Waals surface area contributed by atoms with E-state index in [1.54, 1.807) is 4.90 Å². The molecule has 0 aliphatic carbocycles. The molecule has 0 radical (unpaired) electrons. The van der Waals surface area contributed by atoms with Gasteiger partial charge in [0.05, 0.1) is 11.4 Å². The van der Waals surface area contributed by atoms with E-state index < -0.39 is 15.8 Å². The Balaban J connectivity index is 1.24. The molecule has 1 aromatic rings. The van der Waals surface area contributed by atoms with E-state index in [1.807, 2.05) is 0 Å². The van der Waals surface area contributed by atoms with Gasteiger partial charge in [0.15, 0.2) is 0 Å². The summed E-state index contributed by atoms with van der Waals surface area (Å²) in [6, 6.07) is 5.54. The van der Waals surface area contributed by atoms with Crippen molar-refractivity contribution in [2.24, 2.45) is 0 Å². The van der Waals surface area contributed by atoms with Crippen molar-refractivity contribution in [3.63, 3.8) is 0 Å². The molecule has 3 aliphatic heterocycles. The zero-order chi connectivity index (χ0) is 21.1. The Labute approximate surface area is 178 Å². The number of hydrogen-bond donors (Lipinski definition) is 0. The van der Waals surface area contributed by atoms with E-state index in [1.165, 1.54) is 42.4 Å². The largest absolute Gasteiger partial charge is 0.339 e. The smallest absolute Gasteiger partial charge is 0.243 e. The van der Waals surface area contributed by atoms with E-state index >= 15 is 0 Å². The quantitative estimate of drug-likeness (QED) is 0.692. The maximum absolute atomic E-state index is 13.1. The summed E-state index contributed by atoms with van der Waals surface area (Å²) >= 11 is 0. The van der Waals surface area contributed by atoms with Crippen molar-refractivity contribution >= 4 is 15.9 Å². The van der Waals surface area contributed by atoms with Gasteiger partial charge in [0, 0.05) is 45.3 Å². The molecule has 4 rings (SSSR count). The molecular formula is C21H31FN4O3S. The number of sulfonamides is 1. The first-order valence-corrected chi connectivity index (χ1v) is 12.4. The summed E-state index contributed by atoms with van der Waals surface area (Å²) in [4.78, 5) is 19.4. The highest BCUT2D eigenvalue weighted by molar-refractivity contribution is 7.89. The lowest BCUT2D eigenvalue weighted by atomic mass is 10.0. The second kappa shape index (κ2) is 9.30. The summed E-state index contributed by atoms with van der Waals surface area (Å²) in [5.41, 5.74) is 0. The molecule has 166 valence electrons. The molecule has 0 saturated carbocycles. The predicted molar refractivity (Wildman–Crippen MR) is 112 cm³/mol. The summed E-state index contributed by atoms with van der Waals surface area (Å²) in [7, 11) is -3.66. The van der Waals surface area contributed by atoms with Crippen LogP contribution in [0.15, 0.2) is 29.2 Å². The van der Waals surface area contributed by atoms with Gasteiger partial charge in [-0.25, -0.2) is 12.8 Å². The topological polar surface area (TPSA) is 64.2 Å². The summed E-state index contributed by atoms with van der Waals surface area (Å²) in [5, 5.41) is 0. The van der Waals surface area contributed by atoms with Gasteiger partial charge in [0.2, 0.25) is 15.9 Å². The van der Waals surface area contributed by atoms with Crippen molar-refractivity contribution in [3.05, 3.63) is 30.1 Å². The Bertz CT molecular complexity index is 826. The van der Waals surface area contributed by atoms with Crippen LogP contribution >= 0.6 is 0 Å². The van der Waals surface area contributed by atoms with E-state index in [2.05, 4.69) is 9.80 Å². The molecule has 1 amide bonds. The number of carbonyl (C=O) groups excluding carboxylic acids is 1. The average molecular weight is 439 g/mol. The van der Waals surface area contributed by atoms with Crippen LogP contribution in [0.1, 0.15) is 25.7 Å². The molecule has 9 heteroatoms. The predicted octanol–water partition coefficient (Wildman–Crippen LogP) is 1.22. The third kappa shape index (κ3) is 4.85. The third-order valence-electron chi connectivity index (χ3n) is 6.62. The summed E-state index contributed by atoms with van der Waals surface area (Å²) in [5.74, 6) is -0.387. The average Bonchev–Trinajstić information content (AvgIpc) is 3.30. The van der Waals surface area contributed by atoms with Gasteiger partial charge in [0.1, 0.15) is 5.82 Å². The highest BCUT2D eigenvalue weighted by atomic mass is 32.2. The van der Waals surface area contributed by atoms with Crippen molar-refractivity contribution in [2.75, 3.05) is 58.9 Å². The number of benzene rings is 1. The number of carbonyl (C=O) groups is 1. The number of halogens is 1. The molecule has 3 aliphatic rings. The van der Waals surface area contributed by atoms with Crippen molar-refractivity contribution in [2.45, 2.75) is 36.6 Å². The Morgan fingerprint density at radius 2 is 1.50 bits per heavy atom. The molecule has 0 atom stereocenters. The van der Waals surface area contributed by atoms with E-state index in [-0.39, 0.29) is 23.9 Å². The molecule has 7 nitrogen and oxygen atoms in total. The maximum Gasteiger partial charge on any atom is 0.243 e. The van der Waals surface area contributed by atoms with Crippen LogP contribution < -0.4 is 0 Å². The number of hydrogen-bond acceptors (Lipinski definition) is 5. The number of likely N-dealkylation sites (tertiary alicyclic amines) is 2. The van der Waals surface area contributed by atoms with Gasteiger partial charge < -0.3 is 9.80 Å². The van der Waals surface area contributed by atoms with Crippen molar-refractivity contribution in [3.8, 4) is 0 Å². The molecular weight excluding hydrogens is 407 g/mol. The lowest BCUT2D eigenvalue weighted by Gasteiger charge is -2.38. The highest BCUT2D eigenvalue weighted by Gasteiger charge is 2.32. The van der Waals surface area contributed by atoms with Gasteiger partial charge >= 0.3 is 0 Å². The van der Waals surface area contributed by atoms with Crippen LogP contribution in [0, 0.1) is 5.82 Å². The van der Waals surface area contributed by atoms with Crippen LogP contribution in [0.5, 0.6) is 0 Å². The van der Waals surface area contributed by atoms with Crippen molar-refractivity contribution < 1.29 is 17.6 Å². The van der Waals surface area contributed by atoms with Crippen molar-refractivity contribution in [1.82, 2.24) is 19.0 Å². The first-order valence-electron chi connectivity index (χ1n) is 10.9. The molecule has 1 aromatic carbocycles.